The summed E-state index contributed by atoms with van der Waals surface area (Å²) in [4.78, 5) is 48.1. The fourth-order valence-electron chi connectivity index (χ4n) is 3.15. The van der Waals surface area contributed by atoms with Crippen molar-refractivity contribution in [3.05, 3.63) is 91.0 Å². The van der Waals surface area contributed by atoms with Crippen LogP contribution in [-0.4, -0.2) is 25.3 Å². The van der Waals surface area contributed by atoms with Crippen LogP contribution in [-0.2, 0) is 13.0 Å². The van der Waals surface area contributed by atoms with E-state index in [4.69, 9.17) is 0 Å². The van der Waals surface area contributed by atoms with Crippen molar-refractivity contribution in [2.45, 2.75) is 33.7 Å². The molecule has 0 unspecified atom stereocenters. The number of halogens is 1. The van der Waals surface area contributed by atoms with E-state index in [0.29, 0.717) is 11.3 Å². The van der Waals surface area contributed by atoms with Crippen LogP contribution in [0.25, 0.3) is 0 Å². The average Bonchev–Trinajstić information content (AvgIpc) is 2.62. The first-order valence-electron chi connectivity index (χ1n) is 8.76. The molecule has 0 saturated heterocycles. The van der Waals surface area contributed by atoms with Gasteiger partial charge in [-0.15, -0.1) is 0 Å². The van der Waals surface area contributed by atoms with Crippen molar-refractivity contribution in [3.63, 3.8) is 0 Å². The number of pyridine rings is 2. The molecule has 3 rings (SSSR count). The molecule has 0 spiro atoms. The van der Waals surface area contributed by atoms with Gasteiger partial charge in [0.1, 0.15) is 11.4 Å². The number of ketones is 1. The second-order valence-electron chi connectivity index (χ2n) is 6.51. The number of hydrogen-bond donors (Lipinski definition) is 1. The molecule has 0 aliphatic rings. The fourth-order valence-corrected chi connectivity index (χ4v) is 3.15. The highest BCUT2D eigenvalue weighted by Crippen LogP contribution is 2.14. The number of nitrogens with one attached hydrogen (secondary N) is 1. The number of rotatable bonds is 5. The molecule has 3 aromatic rings. The number of carbonyl (C=O) groups excluding carboxylic acids is 1. The number of aryl methyl sites for hydroxylation is 2. The van der Waals surface area contributed by atoms with Crippen LogP contribution in [0.5, 0.6) is 0 Å². The Labute approximate surface area is 159 Å². The number of hydrogen-bond acceptors (Lipinski definition) is 5. The van der Waals surface area contributed by atoms with E-state index in [1.54, 1.807) is 19.9 Å². The lowest BCUT2D eigenvalue weighted by molar-refractivity contribution is 0.102. The summed E-state index contributed by atoms with van der Waals surface area (Å²) in [6.45, 7) is 5.22. The van der Waals surface area contributed by atoms with Crippen LogP contribution in [0.15, 0.2) is 40.1 Å². The van der Waals surface area contributed by atoms with Gasteiger partial charge in [-0.2, -0.15) is 4.39 Å². The van der Waals surface area contributed by atoms with Crippen LogP contribution in [0, 0.1) is 19.8 Å². The summed E-state index contributed by atoms with van der Waals surface area (Å²) >= 11 is 0. The molecule has 1 N–H and O–H groups in total. The SMILES string of the molecule is CCc1c(C(=O)c2cc(C)cc(C)n2)n(Cc2ccnc(F)c2)c(=O)[nH]c1=O. The van der Waals surface area contributed by atoms with Crippen LogP contribution in [0.3, 0.4) is 0 Å². The minimum atomic E-state index is -0.743. The van der Waals surface area contributed by atoms with Crippen molar-refractivity contribution in [3.8, 4) is 0 Å². The van der Waals surface area contributed by atoms with Crippen LogP contribution in [0.2, 0.25) is 0 Å². The molecular weight excluding hydrogens is 363 g/mol. The van der Waals surface area contributed by atoms with Gasteiger partial charge in [0.15, 0.2) is 0 Å². The summed E-state index contributed by atoms with van der Waals surface area (Å²) in [5.41, 5.74) is 0.855. The smallest absolute Gasteiger partial charge is 0.285 e. The molecule has 8 heteroatoms. The molecule has 144 valence electrons. The summed E-state index contributed by atoms with van der Waals surface area (Å²) in [5, 5.41) is 0. The summed E-state index contributed by atoms with van der Waals surface area (Å²) < 4.78 is 14.6. The van der Waals surface area contributed by atoms with Gasteiger partial charge in [0, 0.05) is 17.5 Å². The zero-order valence-electron chi connectivity index (χ0n) is 15.7. The standard InChI is InChI=1S/C20H19FN4O3/c1-4-14-17(18(26)15-8-11(2)7-12(3)23-15)25(20(28)24-19(14)27)10-13-5-6-22-16(21)9-13/h5-9H,4,10H2,1-3H3,(H,24,27,28). The largest absolute Gasteiger partial charge is 0.329 e. The highest BCUT2D eigenvalue weighted by Gasteiger charge is 2.23. The monoisotopic (exact) mass is 382 g/mol. The summed E-state index contributed by atoms with van der Waals surface area (Å²) in [7, 11) is 0. The lowest BCUT2D eigenvalue weighted by Crippen LogP contribution is -2.37. The van der Waals surface area contributed by atoms with E-state index in [1.165, 1.54) is 18.3 Å². The molecule has 0 aliphatic heterocycles. The second kappa shape index (κ2) is 7.67. The van der Waals surface area contributed by atoms with Crippen molar-refractivity contribution in [2.24, 2.45) is 0 Å². The molecule has 0 aromatic carbocycles. The van der Waals surface area contributed by atoms with Gasteiger partial charge in [-0.1, -0.05) is 6.92 Å². The molecule has 0 saturated carbocycles. The number of H-pyrrole nitrogens is 1. The normalized spacial score (nSPS) is 10.9. The third-order valence-electron chi connectivity index (χ3n) is 4.33. The van der Waals surface area contributed by atoms with E-state index < -0.39 is 23.0 Å². The Balaban J connectivity index is 2.24. The predicted octanol–water partition coefficient (Wildman–Crippen LogP) is 1.92. The summed E-state index contributed by atoms with van der Waals surface area (Å²) in [6, 6.07) is 6.14. The minimum absolute atomic E-state index is 0.0361. The van der Waals surface area contributed by atoms with E-state index in [2.05, 4.69) is 15.0 Å². The first kappa shape index (κ1) is 19.3. The molecule has 0 amide bonds. The van der Waals surface area contributed by atoms with Gasteiger partial charge in [-0.25, -0.2) is 14.8 Å². The fraction of sp³-hybridized carbons (Fsp3) is 0.250. The molecular formula is C20H19FN4O3. The molecule has 0 bridgehead atoms. The van der Waals surface area contributed by atoms with Crippen LogP contribution >= 0.6 is 0 Å². The molecule has 0 atom stereocenters. The van der Waals surface area contributed by atoms with Gasteiger partial charge in [0.2, 0.25) is 11.7 Å². The quantitative estimate of drug-likeness (QED) is 0.537. The first-order valence-corrected chi connectivity index (χ1v) is 8.76. The zero-order valence-corrected chi connectivity index (χ0v) is 15.7. The van der Waals surface area contributed by atoms with E-state index in [-0.39, 0.29) is 29.9 Å². The van der Waals surface area contributed by atoms with Gasteiger partial charge in [0.25, 0.3) is 5.56 Å². The molecule has 0 radical (unpaired) electrons. The van der Waals surface area contributed by atoms with Gasteiger partial charge in [0.05, 0.1) is 6.54 Å². The molecule has 0 fully saturated rings. The number of aromatic nitrogens is 4. The van der Waals surface area contributed by atoms with E-state index in [0.717, 1.165) is 10.1 Å². The second-order valence-corrected chi connectivity index (χ2v) is 6.51. The van der Waals surface area contributed by atoms with E-state index >= 15 is 0 Å². The van der Waals surface area contributed by atoms with Gasteiger partial charge in [-0.3, -0.25) is 19.1 Å². The molecule has 0 aliphatic carbocycles. The summed E-state index contributed by atoms with van der Waals surface area (Å²) in [6.07, 6.45) is 1.52. The third kappa shape index (κ3) is 3.80. The lowest BCUT2D eigenvalue weighted by Gasteiger charge is -2.15. The Hall–Kier alpha value is -3.42. The average molecular weight is 382 g/mol. The first-order chi connectivity index (χ1) is 13.3. The Kier molecular flexibility index (Phi) is 5.30. The molecule has 3 aromatic heterocycles. The van der Waals surface area contributed by atoms with Crippen molar-refractivity contribution >= 4 is 5.78 Å². The predicted molar refractivity (Wildman–Crippen MR) is 101 cm³/mol. The van der Waals surface area contributed by atoms with E-state index in [9.17, 15) is 18.8 Å². The summed E-state index contributed by atoms with van der Waals surface area (Å²) in [5.74, 6) is -1.23. The molecule has 3 heterocycles. The number of nitrogens with zero attached hydrogens (tertiary/aromatic N) is 3. The Morgan fingerprint density at radius 2 is 1.96 bits per heavy atom. The highest BCUT2D eigenvalue weighted by molar-refractivity contribution is 6.07. The van der Waals surface area contributed by atoms with Crippen molar-refractivity contribution in [1.29, 1.82) is 0 Å². The Morgan fingerprint density at radius 3 is 2.61 bits per heavy atom. The Morgan fingerprint density at radius 1 is 1.21 bits per heavy atom. The van der Waals surface area contributed by atoms with Crippen LogP contribution < -0.4 is 11.2 Å². The number of aromatic amines is 1. The van der Waals surface area contributed by atoms with Gasteiger partial charge in [-0.05, 0) is 55.7 Å². The topological polar surface area (TPSA) is 97.7 Å². The number of carbonyl (C=O) groups is 1. The van der Waals surface area contributed by atoms with Crippen molar-refractivity contribution in [2.75, 3.05) is 0 Å². The molecule has 7 nitrogen and oxygen atoms in total. The van der Waals surface area contributed by atoms with Gasteiger partial charge < -0.3 is 0 Å². The van der Waals surface area contributed by atoms with Crippen LogP contribution in [0.4, 0.5) is 4.39 Å². The Bertz CT molecular complexity index is 1160. The van der Waals surface area contributed by atoms with E-state index in [1.807, 2.05) is 13.0 Å². The third-order valence-corrected chi connectivity index (χ3v) is 4.33. The highest BCUT2D eigenvalue weighted by atomic mass is 19.1. The lowest BCUT2D eigenvalue weighted by atomic mass is 10.0. The van der Waals surface area contributed by atoms with Crippen LogP contribution in [0.1, 0.15) is 45.5 Å². The van der Waals surface area contributed by atoms with Crippen molar-refractivity contribution in [1.82, 2.24) is 19.5 Å². The molecule has 28 heavy (non-hydrogen) atoms. The maximum Gasteiger partial charge on any atom is 0.329 e. The minimum Gasteiger partial charge on any atom is -0.285 e. The maximum absolute atomic E-state index is 13.5. The van der Waals surface area contributed by atoms with Gasteiger partial charge >= 0.3 is 5.69 Å². The maximum atomic E-state index is 13.5. The van der Waals surface area contributed by atoms with Crippen molar-refractivity contribution < 1.29 is 9.18 Å². The zero-order chi connectivity index (χ0) is 20.4.